The van der Waals surface area contributed by atoms with Gasteiger partial charge in [0.05, 0.1) is 32.5 Å². The zero-order valence-electron chi connectivity index (χ0n) is 11.0. The Balaban J connectivity index is 3.14. The molecule has 1 atom stereocenters. The Morgan fingerprint density at radius 3 is 2.50 bits per heavy atom. The third kappa shape index (κ3) is 11.7. The second kappa shape index (κ2) is 11.1. The number of rotatable bonds is 11. The molecule has 3 heteroatoms. The van der Waals surface area contributed by atoms with Gasteiger partial charge in [0.2, 0.25) is 0 Å². The van der Waals surface area contributed by atoms with E-state index in [-0.39, 0.29) is 6.10 Å². The fourth-order valence-corrected chi connectivity index (χ4v) is 1.09. The molecule has 0 aliphatic rings. The summed E-state index contributed by atoms with van der Waals surface area (Å²) in [4.78, 5) is 0. The first-order valence-electron chi connectivity index (χ1n) is 6.08. The van der Waals surface area contributed by atoms with Crippen LogP contribution in [0.2, 0.25) is 0 Å². The van der Waals surface area contributed by atoms with Crippen LogP contribution >= 0.6 is 0 Å². The van der Waals surface area contributed by atoms with Crippen LogP contribution < -0.4 is 0 Å². The summed E-state index contributed by atoms with van der Waals surface area (Å²) >= 11 is 0. The van der Waals surface area contributed by atoms with Gasteiger partial charge >= 0.3 is 0 Å². The van der Waals surface area contributed by atoms with E-state index in [1.165, 1.54) is 6.42 Å². The Morgan fingerprint density at radius 2 is 1.88 bits per heavy atom. The van der Waals surface area contributed by atoms with E-state index in [4.69, 9.17) is 14.2 Å². The van der Waals surface area contributed by atoms with Gasteiger partial charge in [0.1, 0.15) is 0 Å². The maximum absolute atomic E-state index is 5.55. The summed E-state index contributed by atoms with van der Waals surface area (Å²) in [6, 6.07) is 0. The Kier molecular flexibility index (Phi) is 10.9. The second-order valence-electron chi connectivity index (χ2n) is 4.12. The van der Waals surface area contributed by atoms with E-state index in [1.54, 1.807) is 0 Å². The highest BCUT2D eigenvalue weighted by Gasteiger charge is 2.01. The maximum atomic E-state index is 5.55. The zero-order valence-corrected chi connectivity index (χ0v) is 11.0. The Hall–Kier alpha value is -0.380. The van der Waals surface area contributed by atoms with E-state index in [9.17, 15) is 0 Å². The van der Waals surface area contributed by atoms with Gasteiger partial charge in [-0.3, -0.25) is 0 Å². The van der Waals surface area contributed by atoms with Gasteiger partial charge in [-0.2, -0.15) is 0 Å². The van der Waals surface area contributed by atoms with Crippen molar-refractivity contribution in [1.29, 1.82) is 0 Å². The molecule has 0 rings (SSSR count). The SMILES string of the molecule is C=C(C)COCCOCC(C)OCCCC. The standard InChI is InChI=1S/C13H26O3/c1-5-6-7-16-13(4)11-15-9-8-14-10-12(2)3/h13H,2,5-11H2,1,3-4H3. The van der Waals surface area contributed by atoms with E-state index in [2.05, 4.69) is 13.5 Å². The third-order valence-corrected chi connectivity index (χ3v) is 1.97. The summed E-state index contributed by atoms with van der Waals surface area (Å²) in [6.07, 6.45) is 2.46. The van der Waals surface area contributed by atoms with Crippen LogP contribution in [-0.4, -0.2) is 39.1 Å². The largest absolute Gasteiger partial charge is 0.376 e. The molecule has 0 radical (unpaired) electrons. The Bertz CT molecular complexity index is 169. The zero-order chi connectivity index (χ0) is 12.2. The van der Waals surface area contributed by atoms with Crippen LogP contribution in [0.1, 0.15) is 33.6 Å². The lowest BCUT2D eigenvalue weighted by atomic mass is 10.3. The summed E-state index contributed by atoms with van der Waals surface area (Å²) in [5, 5.41) is 0. The van der Waals surface area contributed by atoms with E-state index in [1.807, 2.05) is 13.8 Å². The summed E-state index contributed by atoms with van der Waals surface area (Å²) < 4.78 is 16.3. The first-order valence-corrected chi connectivity index (χ1v) is 6.08. The van der Waals surface area contributed by atoms with Crippen LogP contribution in [0.5, 0.6) is 0 Å². The predicted molar refractivity (Wildman–Crippen MR) is 66.8 cm³/mol. The summed E-state index contributed by atoms with van der Waals surface area (Å²) in [5.41, 5.74) is 1.04. The molecule has 0 bridgehead atoms. The summed E-state index contributed by atoms with van der Waals surface area (Å²) in [7, 11) is 0. The lowest BCUT2D eigenvalue weighted by molar-refractivity contribution is -0.0221. The van der Waals surface area contributed by atoms with Gasteiger partial charge < -0.3 is 14.2 Å². The topological polar surface area (TPSA) is 27.7 Å². The Labute approximate surface area is 99.8 Å². The molecule has 0 aromatic heterocycles. The van der Waals surface area contributed by atoms with Crippen molar-refractivity contribution < 1.29 is 14.2 Å². The highest BCUT2D eigenvalue weighted by atomic mass is 16.5. The average molecular weight is 230 g/mol. The third-order valence-electron chi connectivity index (χ3n) is 1.97. The molecule has 0 fully saturated rings. The van der Waals surface area contributed by atoms with Crippen LogP contribution in [0.3, 0.4) is 0 Å². The molecule has 3 nitrogen and oxygen atoms in total. The molecule has 96 valence electrons. The van der Waals surface area contributed by atoms with Crippen molar-refractivity contribution >= 4 is 0 Å². The minimum absolute atomic E-state index is 0.174. The molecule has 0 aliphatic carbocycles. The van der Waals surface area contributed by atoms with E-state index in [0.29, 0.717) is 26.4 Å². The molecule has 0 aromatic carbocycles. The van der Waals surface area contributed by atoms with Crippen LogP contribution in [0.25, 0.3) is 0 Å². The van der Waals surface area contributed by atoms with E-state index >= 15 is 0 Å². The van der Waals surface area contributed by atoms with Crippen molar-refractivity contribution in [2.45, 2.75) is 39.7 Å². The molecule has 0 saturated heterocycles. The van der Waals surface area contributed by atoms with Gasteiger partial charge in [-0.15, -0.1) is 0 Å². The molecule has 16 heavy (non-hydrogen) atoms. The molecule has 0 heterocycles. The smallest absolute Gasteiger partial charge is 0.0780 e. The van der Waals surface area contributed by atoms with Crippen LogP contribution in [0.4, 0.5) is 0 Å². The van der Waals surface area contributed by atoms with Crippen molar-refractivity contribution in [3.8, 4) is 0 Å². The number of hydrogen-bond donors (Lipinski definition) is 0. The van der Waals surface area contributed by atoms with E-state index in [0.717, 1.165) is 18.6 Å². The van der Waals surface area contributed by atoms with Gasteiger partial charge in [-0.05, 0) is 20.3 Å². The highest BCUT2D eigenvalue weighted by Crippen LogP contribution is 1.96. The summed E-state index contributed by atoms with van der Waals surface area (Å²) in [6.45, 7) is 13.2. The van der Waals surface area contributed by atoms with Gasteiger partial charge in [0.25, 0.3) is 0 Å². The second-order valence-corrected chi connectivity index (χ2v) is 4.12. The monoisotopic (exact) mass is 230 g/mol. The van der Waals surface area contributed by atoms with Gasteiger partial charge in [-0.1, -0.05) is 25.5 Å². The minimum atomic E-state index is 0.174. The van der Waals surface area contributed by atoms with E-state index < -0.39 is 0 Å². The first kappa shape index (κ1) is 15.6. The van der Waals surface area contributed by atoms with Crippen LogP contribution in [0.15, 0.2) is 12.2 Å². The normalized spacial score (nSPS) is 12.7. The molecular weight excluding hydrogens is 204 g/mol. The molecule has 0 aromatic rings. The van der Waals surface area contributed by atoms with Crippen molar-refractivity contribution in [3.05, 3.63) is 12.2 Å². The first-order chi connectivity index (χ1) is 7.66. The molecule has 0 amide bonds. The number of ether oxygens (including phenoxy) is 3. The Morgan fingerprint density at radius 1 is 1.19 bits per heavy atom. The van der Waals surface area contributed by atoms with Crippen LogP contribution in [-0.2, 0) is 14.2 Å². The van der Waals surface area contributed by atoms with Gasteiger partial charge in [0.15, 0.2) is 0 Å². The van der Waals surface area contributed by atoms with Crippen molar-refractivity contribution in [2.24, 2.45) is 0 Å². The van der Waals surface area contributed by atoms with Crippen molar-refractivity contribution in [1.82, 2.24) is 0 Å². The quantitative estimate of drug-likeness (QED) is 0.403. The van der Waals surface area contributed by atoms with Crippen LogP contribution in [0, 0.1) is 0 Å². The molecule has 0 aliphatic heterocycles. The molecule has 1 unspecified atom stereocenters. The lowest BCUT2D eigenvalue weighted by Gasteiger charge is -2.13. The van der Waals surface area contributed by atoms with Crippen molar-refractivity contribution in [3.63, 3.8) is 0 Å². The van der Waals surface area contributed by atoms with Gasteiger partial charge in [-0.25, -0.2) is 0 Å². The van der Waals surface area contributed by atoms with Gasteiger partial charge in [0, 0.05) is 6.61 Å². The lowest BCUT2D eigenvalue weighted by Crippen LogP contribution is -2.18. The highest BCUT2D eigenvalue weighted by molar-refractivity contribution is 4.87. The number of hydrogen-bond acceptors (Lipinski definition) is 3. The molecular formula is C13H26O3. The average Bonchev–Trinajstić information content (AvgIpc) is 2.23. The molecule has 0 saturated carbocycles. The molecule has 0 spiro atoms. The number of unbranched alkanes of at least 4 members (excludes halogenated alkanes) is 1. The minimum Gasteiger partial charge on any atom is -0.376 e. The molecule has 0 N–H and O–H groups in total. The summed E-state index contributed by atoms with van der Waals surface area (Å²) in [5.74, 6) is 0. The fraction of sp³-hybridized carbons (Fsp3) is 0.846. The fourth-order valence-electron chi connectivity index (χ4n) is 1.09. The predicted octanol–water partition coefficient (Wildman–Crippen LogP) is 2.80. The maximum Gasteiger partial charge on any atom is 0.0780 e. The van der Waals surface area contributed by atoms with Crippen molar-refractivity contribution in [2.75, 3.05) is 33.0 Å².